The van der Waals surface area contributed by atoms with Gasteiger partial charge < -0.3 is 10.6 Å². The van der Waals surface area contributed by atoms with E-state index in [1.165, 1.54) is 12.1 Å². The zero-order valence-corrected chi connectivity index (χ0v) is 19.0. The summed E-state index contributed by atoms with van der Waals surface area (Å²) in [5.74, 6) is -0.0990. The van der Waals surface area contributed by atoms with Crippen LogP contribution in [-0.4, -0.2) is 57.8 Å². The predicted molar refractivity (Wildman–Crippen MR) is 127 cm³/mol. The first-order chi connectivity index (χ1) is 16.8. The number of benzene rings is 2. The Morgan fingerprint density at radius 1 is 1.09 bits per heavy atom. The molecule has 1 aliphatic rings. The number of hydrogen-bond donors (Lipinski definition) is 2. The maximum Gasteiger partial charge on any atom is 0.289 e. The molecule has 0 saturated carbocycles. The van der Waals surface area contributed by atoms with Gasteiger partial charge in [0, 0.05) is 36.6 Å². The van der Waals surface area contributed by atoms with Crippen LogP contribution in [-0.2, 0) is 14.8 Å². The lowest BCUT2D eigenvalue weighted by Gasteiger charge is -2.22. The van der Waals surface area contributed by atoms with Gasteiger partial charge in [0.25, 0.3) is 5.69 Å². The van der Waals surface area contributed by atoms with E-state index in [2.05, 4.69) is 20.7 Å². The highest BCUT2D eigenvalue weighted by atomic mass is 32.2. The molecule has 2 aromatic heterocycles. The molecule has 4 aromatic rings. The number of carbonyl (C=O) groups excluding carboxylic acids is 1. The molecule has 5 rings (SSSR count). The molecular formula is C22H19N7O5S. The Morgan fingerprint density at radius 2 is 1.91 bits per heavy atom. The monoisotopic (exact) mass is 493 g/mol. The number of nitro groups is 1. The molecule has 178 valence electrons. The van der Waals surface area contributed by atoms with Crippen LogP contribution in [0.4, 0.5) is 17.2 Å². The number of nitrogens with zero attached hydrogens (tertiary/aromatic N) is 5. The summed E-state index contributed by atoms with van der Waals surface area (Å²) in [5, 5.41) is 21.5. The zero-order valence-electron chi connectivity index (χ0n) is 18.2. The molecule has 12 nitrogen and oxygen atoms in total. The van der Waals surface area contributed by atoms with E-state index >= 15 is 0 Å². The first-order valence-corrected chi connectivity index (χ1v) is 12.0. The van der Waals surface area contributed by atoms with Crippen LogP contribution in [0, 0.1) is 10.1 Å². The van der Waals surface area contributed by atoms with E-state index in [-0.39, 0.29) is 13.1 Å². The fraction of sp³-hybridized carbons (Fsp3) is 0.136. The third-order valence-electron chi connectivity index (χ3n) is 5.49. The van der Waals surface area contributed by atoms with Gasteiger partial charge >= 0.3 is 0 Å². The van der Waals surface area contributed by atoms with E-state index in [4.69, 9.17) is 0 Å². The highest BCUT2D eigenvalue weighted by Gasteiger charge is 2.32. The van der Waals surface area contributed by atoms with Crippen molar-refractivity contribution in [2.24, 2.45) is 0 Å². The lowest BCUT2D eigenvalue weighted by atomic mass is 10.1. The smallest absolute Gasteiger partial charge is 0.289 e. The quantitative estimate of drug-likeness (QED) is 0.326. The number of carbonyl (C=O) groups is 1. The molecule has 0 spiro atoms. The Balaban J connectivity index is 1.56. The Kier molecular flexibility index (Phi) is 5.62. The minimum atomic E-state index is -4.38. The fourth-order valence-electron chi connectivity index (χ4n) is 3.85. The van der Waals surface area contributed by atoms with Gasteiger partial charge in [0.2, 0.25) is 15.9 Å². The molecule has 0 aliphatic carbocycles. The second-order valence-electron chi connectivity index (χ2n) is 7.76. The van der Waals surface area contributed by atoms with Gasteiger partial charge in [-0.1, -0.05) is 24.3 Å². The molecule has 4 bridgehead atoms. The Labute approximate surface area is 199 Å². The summed E-state index contributed by atoms with van der Waals surface area (Å²) < 4.78 is 29.4. The van der Waals surface area contributed by atoms with E-state index in [0.29, 0.717) is 17.2 Å². The fourth-order valence-corrected chi connectivity index (χ4v) is 5.41. The number of nitro benzene ring substituents is 1. The van der Waals surface area contributed by atoms with E-state index in [1.807, 2.05) is 6.07 Å². The topological polar surface area (TPSA) is 152 Å². The summed E-state index contributed by atoms with van der Waals surface area (Å²) in [6.45, 7) is -0.572. The van der Waals surface area contributed by atoms with Crippen molar-refractivity contribution in [1.82, 2.24) is 18.9 Å². The molecule has 1 amide bonds. The second-order valence-corrected chi connectivity index (χ2v) is 9.66. The number of nitrogens with one attached hydrogen (secondary N) is 2. The highest BCUT2D eigenvalue weighted by molar-refractivity contribution is 7.89. The molecule has 2 aromatic carbocycles. The normalized spacial score (nSPS) is 14.8. The average Bonchev–Trinajstić information content (AvgIpc) is 3.26. The van der Waals surface area contributed by atoms with Crippen molar-refractivity contribution >= 4 is 38.8 Å². The van der Waals surface area contributed by atoms with Gasteiger partial charge in [-0.05, 0) is 29.8 Å². The maximum absolute atomic E-state index is 13.4. The third kappa shape index (κ3) is 4.29. The molecule has 2 N–H and O–H groups in total. The summed E-state index contributed by atoms with van der Waals surface area (Å²) in [6, 6.07) is 13.8. The predicted octanol–water partition coefficient (Wildman–Crippen LogP) is 2.36. The number of hydrogen-bond acceptors (Lipinski definition) is 8. The molecule has 0 atom stereocenters. The van der Waals surface area contributed by atoms with Crippen LogP contribution in [0.1, 0.15) is 0 Å². The van der Waals surface area contributed by atoms with Crippen molar-refractivity contribution in [3.05, 3.63) is 77.1 Å². The van der Waals surface area contributed by atoms with Crippen molar-refractivity contribution < 1.29 is 18.1 Å². The van der Waals surface area contributed by atoms with Crippen molar-refractivity contribution in [2.75, 3.05) is 30.3 Å². The Morgan fingerprint density at radius 3 is 2.74 bits per heavy atom. The van der Waals surface area contributed by atoms with Gasteiger partial charge in [0.05, 0.1) is 17.7 Å². The molecule has 13 heteroatoms. The third-order valence-corrected chi connectivity index (χ3v) is 7.39. The Bertz CT molecular complexity index is 1570. The minimum Gasteiger partial charge on any atom is -0.369 e. The van der Waals surface area contributed by atoms with Gasteiger partial charge in [0.15, 0.2) is 10.5 Å². The molecule has 35 heavy (non-hydrogen) atoms. The summed E-state index contributed by atoms with van der Waals surface area (Å²) in [4.78, 5) is 27.7. The van der Waals surface area contributed by atoms with Crippen molar-refractivity contribution in [1.29, 1.82) is 0 Å². The van der Waals surface area contributed by atoms with Crippen LogP contribution in [0.2, 0.25) is 0 Å². The van der Waals surface area contributed by atoms with Gasteiger partial charge in [-0.25, -0.2) is 17.9 Å². The van der Waals surface area contributed by atoms with E-state index in [0.717, 1.165) is 27.6 Å². The van der Waals surface area contributed by atoms with Crippen LogP contribution < -0.4 is 10.6 Å². The molecular weight excluding hydrogens is 474 g/mol. The van der Waals surface area contributed by atoms with Crippen LogP contribution in [0.15, 0.2) is 71.9 Å². The van der Waals surface area contributed by atoms with Gasteiger partial charge in [-0.2, -0.15) is 9.40 Å². The molecule has 0 fully saturated rings. The van der Waals surface area contributed by atoms with Gasteiger partial charge in [-0.15, -0.1) is 0 Å². The number of rotatable bonds is 3. The van der Waals surface area contributed by atoms with Crippen molar-refractivity contribution in [3.8, 4) is 11.1 Å². The first kappa shape index (κ1) is 22.4. The van der Waals surface area contributed by atoms with Crippen LogP contribution in [0.25, 0.3) is 16.8 Å². The number of anilines is 2. The number of para-hydroxylation sites is 1. The lowest BCUT2D eigenvalue weighted by Crippen LogP contribution is -2.41. The summed E-state index contributed by atoms with van der Waals surface area (Å²) in [6.07, 6.45) is 3.41. The summed E-state index contributed by atoms with van der Waals surface area (Å²) >= 11 is 0. The van der Waals surface area contributed by atoms with Crippen molar-refractivity contribution in [3.63, 3.8) is 0 Å². The molecule has 3 heterocycles. The SMILES string of the molecule is O=C1CN(S(=O)(=O)c2ccccc2[N+](=O)[O-])CCNc2ccn3ncc(c3n2)-c2cccc(c2)N1. The van der Waals surface area contributed by atoms with E-state index < -0.39 is 38.0 Å². The minimum absolute atomic E-state index is 0.102. The van der Waals surface area contributed by atoms with Crippen LogP contribution in [0.3, 0.4) is 0 Å². The number of sulfonamides is 1. The largest absolute Gasteiger partial charge is 0.369 e. The molecule has 1 aliphatic heterocycles. The van der Waals surface area contributed by atoms with Crippen LogP contribution >= 0.6 is 0 Å². The lowest BCUT2D eigenvalue weighted by molar-refractivity contribution is -0.387. The number of fused-ring (bicyclic) bond motifs is 4. The van der Waals surface area contributed by atoms with Gasteiger partial charge in [-0.3, -0.25) is 14.9 Å². The zero-order chi connectivity index (χ0) is 24.6. The summed E-state index contributed by atoms with van der Waals surface area (Å²) in [7, 11) is -4.38. The standard InChI is InChI=1S/C22H19N7O5S/c30-21-14-27(35(33,34)19-7-2-1-6-18(19)29(31)32)11-9-23-20-8-10-28-22(26-20)17(13-24-28)15-4-3-5-16(12-15)25-21/h1-8,10,12-13H,9,11,14H2,(H,23,26)(H,25,30). The van der Waals surface area contributed by atoms with E-state index in [1.54, 1.807) is 41.2 Å². The highest BCUT2D eigenvalue weighted by Crippen LogP contribution is 2.28. The van der Waals surface area contributed by atoms with Crippen molar-refractivity contribution in [2.45, 2.75) is 4.90 Å². The molecule has 0 radical (unpaired) electrons. The number of aromatic nitrogens is 3. The Hall–Kier alpha value is -4.36. The maximum atomic E-state index is 13.4. The van der Waals surface area contributed by atoms with Crippen LogP contribution in [0.5, 0.6) is 0 Å². The first-order valence-electron chi connectivity index (χ1n) is 10.5. The average molecular weight is 494 g/mol. The molecule has 0 saturated heterocycles. The van der Waals surface area contributed by atoms with E-state index in [9.17, 15) is 23.3 Å². The molecule has 0 unspecified atom stereocenters. The summed E-state index contributed by atoms with van der Waals surface area (Å²) in [5.41, 5.74) is 2.01. The van der Waals surface area contributed by atoms with Gasteiger partial charge in [0.1, 0.15) is 5.82 Å². The second kappa shape index (κ2) is 8.77. The number of amides is 1.